The first-order valence-electron chi connectivity index (χ1n) is 4.95. The molecule has 0 fully saturated rings. The van der Waals surface area contributed by atoms with Crippen LogP contribution in [0.3, 0.4) is 0 Å². The van der Waals surface area contributed by atoms with E-state index in [0.717, 1.165) is 19.3 Å². The van der Waals surface area contributed by atoms with Crippen molar-refractivity contribution in [1.82, 2.24) is 0 Å². The molecule has 0 bridgehead atoms. The zero-order chi connectivity index (χ0) is 10.3. The molecule has 0 aromatic rings. The summed E-state index contributed by atoms with van der Waals surface area (Å²) in [7, 11) is 0. The van der Waals surface area contributed by atoms with Gasteiger partial charge in [-0.1, -0.05) is 33.1 Å². The van der Waals surface area contributed by atoms with Crippen molar-refractivity contribution in [2.45, 2.75) is 39.5 Å². The predicted molar refractivity (Wildman–Crippen MR) is 51.5 cm³/mol. The summed E-state index contributed by atoms with van der Waals surface area (Å²) in [5, 5.41) is 17.4. The van der Waals surface area contributed by atoms with Gasteiger partial charge in [0.05, 0.1) is 12.5 Å². The van der Waals surface area contributed by atoms with E-state index in [1.165, 1.54) is 0 Å². The van der Waals surface area contributed by atoms with Crippen molar-refractivity contribution in [1.29, 1.82) is 0 Å². The SMILES string of the molecule is CCC(C)CCCC(CO)C(=O)O. The number of aliphatic carboxylic acids is 1. The van der Waals surface area contributed by atoms with E-state index in [1.54, 1.807) is 0 Å². The largest absolute Gasteiger partial charge is 0.481 e. The smallest absolute Gasteiger partial charge is 0.308 e. The highest BCUT2D eigenvalue weighted by molar-refractivity contribution is 5.69. The molecule has 0 aromatic heterocycles. The Morgan fingerprint density at radius 1 is 1.38 bits per heavy atom. The van der Waals surface area contributed by atoms with Gasteiger partial charge in [0, 0.05) is 0 Å². The lowest BCUT2D eigenvalue weighted by molar-refractivity contribution is -0.143. The van der Waals surface area contributed by atoms with E-state index in [0.29, 0.717) is 12.3 Å². The summed E-state index contributed by atoms with van der Waals surface area (Å²) in [6, 6.07) is 0. The van der Waals surface area contributed by atoms with Gasteiger partial charge in [-0.15, -0.1) is 0 Å². The highest BCUT2D eigenvalue weighted by Gasteiger charge is 2.15. The number of rotatable bonds is 7. The minimum Gasteiger partial charge on any atom is -0.481 e. The summed E-state index contributed by atoms with van der Waals surface area (Å²) in [5.41, 5.74) is 0. The third-order valence-electron chi connectivity index (χ3n) is 2.52. The van der Waals surface area contributed by atoms with E-state index >= 15 is 0 Å². The second-order valence-electron chi connectivity index (χ2n) is 3.66. The Labute approximate surface area is 79.8 Å². The molecule has 0 saturated carbocycles. The minimum absolute atomic E-state index is 0.240. The number of hydrogen-bond acceptors (Lipinski definition) is 2. The summed E-state index contributed by atoms with van der Waals surface area (Å²) >= 11 is 0. The van der Waals surface area contributed by atoms with Crippen LogP contribution in [-0.2, 0) is 4.79 Å². The number of carboxylic acids is 1. The van der Waals surface area contributed by atoms with E-state index in [1.807, 2.05) is 0 Å². The average Bonchev–Trinajstić information content (AvgIpc) is 2.11. The van der Waals surface area contributed by atoms with E-state index in [-0.39, 0.29) is 6.61 Å². The van der Waals surface area contributed by atoms with E-state index < -0.39 is 11.9 Å². The summed E-state index contributed by atoms with van der Waals surface area (Å²) < 4.78 is 0. The van der Waals surface area contributed by atoms with Crippen molar-refractivity contribution in [3.05, 3.63) is 0 Å². The van der Waals surface area contributed by atoms with Gasteiger partial charge < -0.3 is 10.2 Å². The average molecular weight is 188 g/mol. The van der Waals surface area contributed by atoms with Crippen LogP contribution in [0.15, 0.2) is 0 Å². The van der Waals surface area contributed by atoms with Crippen LogP contribution in [0.25, 0.3) is 0 Å². The van der Waals surface area contributed by atoms with Crippen LogP contribution >= 0.6 is 0 Å². The molecule has 13 heavy (non-hydrogen) atoms. The molecular weight excluding hydrogens is 168 g/mol. The Kier molecular flexibility index (Phi) is 6.59. The standard InChI is InChI=1S/C10H20O3/c1-3-8(2)5-4-6-9(7-11)10(12)13/h8-9,11H,3-7H2,1-2H3,(H,12,13). The fourth-order valence-corrected chi connectivity index (χ4v) is 1.21. The number of hydrogen-bond donors (Lipinski definition) is 2. The van der Waals surface area contributed by atoms with Gasteiger partial charge >= 0.3 is 5.97 Å². The summed E-state index contributed by atoms with van der Waals surface area (Å²) in [5.74, 6) is -0.788. The summed E-state index contributed by atoms with van der Waals surface area (Å²) in [4.78, 5) is 10.5. The van der Waals surface area contributed by atoms with Crippen LogP contribution in [0.2, 0.25) is 0 Å². The van der Waals surface area contributed by atoms with E-state index in [9.17, 15) is 4.79 Å². The van der Waals surface area contributed by atoms with E-state index in [4.69, 9.17) is 10.2 Å². The lowest BCUT2D eigenvalue weighted by Crippen LogP contribution is -2.17. The maximum absolute atomic E-state index is 10.5. The molecule has 0 rings (SSSR count). The third kappa shape index (κ3) is 5.64. The molecule has 0 radical (unpaired) electrons. The van der Waals surface area contributed by atoms with Gasteiger partial charge in [-0.25, -0.2) is 0 Å². The van der Waals surface area contributed by atoms with Gasteiger partial charge in [0.2, 0.25) is 0 Å². The number of carbonyl (C=O) groups is 1. The van der Waals surface area contributed by atoms with Crippen molar-refractivity contribution < 1.29 is 15.0 Å². The Balaban J connectivity index is 3.55. The van der Waals surface area contributed by atoms with Crippen molar-refractivity contribution in [3.8, 4) is 0 Å². The van der Waals surface area contributed by atoms with Gasteiger partial charge in [-0.3, -0.25) is 4.79 Å². The number of aliphatic hydroxyl groups excluding tert-OH is 1. The quantitative estimate of drug-likeness (QED) is 0.641. The molecule has 0 spiro atoms. The second kappa shape index (κ2) is 6.89. The summed E-state index contributed by atoms with van der Waals surface area (Å²) in [6.07, 6.45) is 3.68. The normalized spacial score (nSPS) is 15.3. The molecule has 2 atom stereocenters. The molecule has 0 heterocycles. The molecule has 2 N–H and O–H groups in total. The molecule has 0 aliphatic rings. The molecule has 0 aromatic carbocycles. The first-order valence-corrected chi connectivity index (χ1v) is 4.95. The van der Waals surface area contributed by atoms with Crippen molar-refractivity contribution >= 4 is 5.97 Å². The van der Waals surface area contributed by atoms with Gasteiger partial charge in [0.15, 0.2) is 0 Å². The Hall–Kier alpha value is -0.570. The Morgan fingerprint density at radius 2 is 2.00 bits per heavy atom. The molecule has 78 valence electrons. The maximum Gasteiger partial charge on any atom is 0.308 e. The predicted octanol–water partition coefficient (Wildman–Crippen LogP) is 1.90. The molecular formula is C10H20O3. The fourth-order valence-electron chi connectivity index (χ4n) is 1.21. The number of carboxylic acid groups (broad SMARTS) is 1. The highest BCUT2D eigenvalue weighted by atomic mass is 16.4. The molecule has 3 nitrogen and oxygen atoms in total. The lowest BCUT2D eigenvalue weighted by Gasteiger charge is -2.11. The van der Waals surface area contributed by atoms with Crippen LogP contribution in [-0.4, -0.2) is 22.8 Å². The van der Waals surface area contributed by atoms with Crippen LogP contribution in [0.5, 0.6) is 0 Å². The van der Waals surface area contributed by atoms with Crippen LogP contribution in [0, 0.1) is 11.8 Å². The highest BCUT2D eigenvalue weighted by Crippen LogP contribution is 2.15. The third-order valence-corrected chi connectivity index (χ3v) is 2.52. The first-order chi connectivity index (χ1) is 6.11. The van der Waals surface area contributed by atoms with Crippen molar-refractivity contribution in [2.75, 3.05) is 6.61 Å². The monoisotopic (exact) mass is 188 g/mol. The van der Waals surface area contributed by atoms with Crippen molar-refractivity contribution in [3.63, 3.8) is 0 Å². The zero-order valence-electron chi connectivity index (χ0n) is 8.49. The number of aliphatic hydroxyl groups is 1. The second-order valence-corrected chi connectivity index (χ2v) is 3.66. The van der Waals surface area contributed by atoms with Crippen molar-refractivity contribution in [2.24, 2.45) is 11.8 Å². The van der Waals surface area contributed by atoms with Gasteiger partial charge in [0.1, 0.15) is 0 Å². The molecule has 0 amide bonds. The van der Waals surface area contributed by atoms with Crippen LogP contribution in [0.1, 0.15) is 39.5 Å². The van der Waals surface area contributed by atoms with Gasteiger partial charge in [-0.05, 0) is 12.3 Å². The summed E-state index contributed by atoms with van der Waals surface area (Å²) in [6.45, 7) is 4.05. The Morgan fingerprint density at radius 3 is 2.38 bits per heavy atom. The zero-order valence-corrected chi connectivity index (χ0v) is 8.49. The maximum atomic E-state index is 10.5. The van der Waals surface area contributed by atoms with Gasteiger partial charge in [0.25, 0.3) is 0 Å². The fraction of sp³-hybridized carbons (Fsp3) is 0.900. The molecule has 3 heteroatoms. The molecule has 0 aliphatic heterocycles. The molecule has 0 aliphatic carbocycles. The Bertz CT molecular complexity index is 145. The van der Waals surface area contributed by atoms with Crippen LogP contribution < -0.4 is 0 Å². The lowest BCUT2D eigenvalue weighted by atomic mass is 9.97. The van der Waals surface area contributed by atoms with E-state index in [2.05, 4.69) is 13.8 Å². The molecule has 0 saturated heterocycles. The topological polar surface area (TPSA) is 57.5 Å². The van der Waals surface area contributed by atoms with Crippen LogP contribution in [0.4, 0.5) is 0 Å². The minimum atomic E-state index is -0.883. The first kappa shape index (κ1) is 12.4. The van der Waals surface area contributed by atoms with Gasteiger partial charge in [-0.2, -0.15) is 0 Å². The molecule has 2 unspecified atom stereocenters.